The van der Waals surface area contributed by atoms with E-state index in [0.717, 1.165) is 0 Å². The topological polar surface area (TPSA) is 90.6 Å². The molecular weight excluding hydrogens is 224 g/mol. The summed E-state index contributed by atoms with van der Waals surface area (Å²) in [5.41, 5.74) is 0.854. The van der Waals surface area contributed by atoms with Crippen LogP contribution in [0.1, 0.15) is 5.56 Å². The molecule has 0 unspecified atom stereocenters. The number of aliphatic carboxylic acids is 1. The predicted octanol–water partition coefficient (Wildman–Crippen LogP) is 0.968. The molecule has 0 radical (unpaired) electrons. The number of carboxylic acid groups (broad SMARTS) is 1. The molecule has 2 rings (SSSR count). The molecule has 1 N–H and O–H groups in total. The van der Waals surface area contributed by atoms with Crippen molar-refractivity contribution in [1.29, 1.82) is 5.26 Å². The number of ether oxygens (including phenoxy) is 1. The second kappa shape index (κ2) is 4.14. The summed E-state index contributed by atoms with van der Waals surface area (Å²) in [6.45, 7) is -0.0525. The van der Waals surface area contributed by atoms with Crippen LogP contribution < -0.4 is 4.90 Å². The highest BCUT2D eigenvalue weighted by Crippen LogP contribution is 2.22. The van der Waals surface area contributed by atoms with E-state index >= 15 is 0 Å². The third kappa shape index (κ3) is 2.03. The third-order valence-corrected chi connectivity index (χ3v) is 2.37. The van der Waals surface area contributed by atoms with Gasteiger partial charge in [-0.3, -0.25) is 4.90 Å². The molecule has 1 heterocycles. The zero-order valence-corrected chi connectivity index (χ0v) is 8.66. The lowest BCUT2D eigenvalue weighted by Crippen LogP contribution is -2.27. The Kier molecular flexibility index (Phi) is 2.66. The highest BCUT2D eigenvalue weighted by atomic mass is 16.6. The van der Waals surface area contributed by atoms with Crippen LogP contribution in [0, 0.1) is 11.3 Å². The lowest BCUT2D eigenvalue weighted by atomic mass is 10.2. The van der Waals surface area contributed by atoms with E-state index in [9.17, 15) is 9.59 Å². The van der Waals surface area contributed by atoms with Crippen LogP contribution in [0.2, 0.25) is 0 Å². The van der Waals surface area contributed by atoms with Gasteiger partial charge in [0.25, 0.3) is 0 Å². The first-order chi connectivity index (χ1) is 8.11. The van der Waals surface area contributed by atoms with Gasteiger partial charge in [0.2, 0.25) is 6.10 Å². The molecule has 17 heavy (non-hydrogen) atoms. The van der Waals surface area contributed by atoms with Crippen LogP contribution in [0.15, 0.2) is 24.3 Å². The molecule has 1 saturated heterocycles. The van der Waals surface area contributed by atoms with Crippen molar-refractivity contribution in [2.24, 2.45) is 0 Å². The minimum atomic E-state index is -1.18. The molecule has 6 heteroatoms. The van der Waals surface area contributed by atoms with Gasteiger partial charge in [-0.2, -0.15) is 5.26 Å². The van der Waals surface area contributed by atoms with Crippen LogP contribution in [0.4, 0.5) is 10.5 Å². The Labute approximate surface area is 96.6 Å². The van der Waals surface area contributed by atoms with Crippen molar-refractivity contribution in [2.75, 3.05) is 11.4 Å². The number of hydrogen-bond acceptors (Lipinski definition) is 4. The molecule has 1 atom stereocenters. The summed E-state index contributed by atoms with van der Waals surface area (Å²) >= 11 is 0. The third-order valence-electron chi connectivity index (χ3n) is 2.37. The number of benzene rings is 1. The van der Waals surface area contributed by atoms with E-state index in [-0.39, 0.29) is 6.54 Å². The zero-order valence-electron chi connectivity index (χ0n) is 8.66. The lowest BCUT2D eigenvalue weighted by Gasteiger charge is -2.12. The van der Waals surface area contributed by atoms with Crippen LogP contribution in [-0.4, -0.2) is 29.8 Å². The van der Waals surface area contributed by atoms with E-state index < -0.39 is 18.2 Å². The van der Waals surface area contributed by atoms with Gasteiger partial charge in [0.05, 0.1) is 18.2 Å². The SMILES string of the molecule is N#Cc1cccc(N2C[C@H](C(=O)O)OC2=O)c1. The maximum Gasteiger partial charge on any atom is 0.415 e. The minimum Gasteiger partial charge on any atom is -0.478 e. The smallest absolute Gasteiger partial charge is 0.415 e. The fraction of sp³-hybridized carbons (Fsp3) is 0.182. The monoisotopic (exact) mass is 232 g/mol. The van der Waals surface area contributed by atoms with Crippen molar-refractivity contribution in [1.82, 2.24) is 0 Å². The van der Waals surface area contributed by atoms with Gasteiger partial charge in [-0.05, 0) is 18.2 Å². The molecule has 1 aromatic rings. The number of rotatable bonds is 2. The molecule has 1 aliphatic rings. The molecular formula is C11H8N2O4. The number of anilines is 1. The molecule has 1 fully saturated rings. The Morgan fingerprint density at radius 3 is 2.94 bits per heavy atom. The number of nitrogens with zero attached hydrogens (tertiary/aromatic N) is 2. The van der Waals surface area contributed by atoms with Gasteiger partial charge < -0.3 is 9.84 Å². The van der Waals surface area contributed by atoms with Gasteiger partial charge in [0.1, 0.15) is 0 Å². The Morgan fingerprint density at radius 1 is 1.59 bits per heavy atom. The fourth-order valence-electron chi connectivity index (χ4n) is 1.55. The Morgan fingerprint density at radius 2 is 2.35 bits per heavy atom. The van der Waals surface area contributed by atoms with Crippen LogP contribution >= 0.6 is 0 Å². The van der Waals surface area contributed by atoms with Crippen molar-refractivity contribution in [3.63, 3.8) is 0 Å². The fourth-order valence-corrected chi connectivity index (χ4v) is 1.55. The average Bonchev–Trinajstić information content (AvgIpc) is 2.72. The van der Waals surface area contributed by atoms with E-state index in [1.54, 1.807) is 18.2 Å². The van der Waals surface area contributed by atoms with Gasteiger partial charge in [-0.25, -0.2) is 9.59 Å². The average molecular weight is 232 g/mol. The van der Waals surface area contributed by atoms with Gasteiger partial charge in [-0.15, -0.1) is 0 Å². The normalized spacial score (nSPS) is 18.6. The number of amides is 1. The van der Waals surface area contributed by atoms with E-state index in [2.05, 4.69) is 4.74 Å². The van der Waals surface area contributed by atoms with Crippen LogP contribution in [0.3, 0.4) is 0 Å². The number of cyclic esters (lactones) is 1. The van der Waals surface area contributed by atoms with E-state index in [1.165, 1.54) is 11.0 Å². The van der Waals surface area contributed by atoms with Crippen molar-refractivity contribution in [2.45, 2.75) is 6.10 Å². The standard InChI is InChI=1S/C11H8N2O4/c12-5-7-2-1-3-8(4-7)13-6-9(10(14)15)17-11(13)16/h1-4,9H,6H2,(H,14,15)/t9-/m1/s1. The van der Waals surface area contributed by atoms with Crippen LogP contribution in [0.25, 0.3) is 0 Å². The number of nitriles is 1. The maximum atomic E-state index is 11.4. The predicted molar refractivity (Wildman–Crippen MR) is 56.4 cm³/mol. The summed E-state index contributed by atoms with van der Waals surface area (Å²) in [5.74, 6) is -1.18. The second-order valence-corrected chi connectivity index (χ2v) is 3.48. The Hall–Kier alpha value is -2.55. The summed E-state index contributed by atoms with van der Waals surface area (Å²) < 4.78 is 4.67. The minimum absolute atomic E-state index is 0.0525. The van der Waals surface area contributed by atoms with Crippen molar-refractivity contribution < 1.29 is 19.4 Å². The van der Waals surface area contributed by atoms with E-state index in [1.807, 2.05) is 6.07 Å². The molecule has 1 amide bonds. The first kappa shape index (κ1) is 11.0. The summed E-state index contributed by atoms with van der Waals surface area (Å²) in [6, 6.07) is 8.28. The first-order valence-corrected chi connectivity index (χ1v) is 4.83. The summed E-state index contributed by atoms with van der Waals surface area (Å²) in [4.78, 5) is 23.3. The molecule has 0 spiro atoms. The van der Waals surface area contributed by atoms with Crippen LogP contribution in [-0.2, 0) is 9.53 Å². The largest absolute Gasteiger partial charge is 0.478 e. The lowest BCUT2D eigenvalue weighted by molar-refractivity contribution is -0.144. The summed E-state index contributed by atoms with van der Waals surface area (Å²) in [5, 5.41) is 17.5. The zero-order chi connectivity index (χ0) is 12.4. The Balaban J connectivity index is 2.26. The number of hydrogen-bond donors (Lipinski definition) is 1. The molecule has 1 aliphatic heterocycles. The van der Waals surface area contributed by atoms with Gasteiger partial charge >= 0.3 is 12.1 Å². The van der Waals surface area contributed by atoms with E-state index in [0.29, 0.717) is 11.3 Å². The van der Waals surface area contributed by atoms with Crippen molar-refractivity contribution in [3.8, 4) is 6.07 Å². The van der Waals surface area contributed by atoms with Gasteiger partial charge in [0, 0.05) is 5.69 Å². The number of carboxylic acids is 1. The highest BCUT2D eigenvalue weighted by Gasteiger charge is 2.36. The molecule has 86 valence electrons. The number of carbonyl (C=O) groups excluding carboxylic acids is 1. The van der Waals surface area contributed by atoms with Crippen molar-refractivity contribution in [3.05, 3.63) is 29.8 Å². The Bertz CT molecular complexity index is 520. The molecule has 0 aliphatic carbocycles. The second-order valence-electron chi connectivity index (χ2n) is 3.48. The highest BCUT2D eigenvalue weighted by molar-refractivity contribution is 5.93. The molecule has 0 saturated carbocycles. The summed E-state index contributed by atoms with van der Waals surface area (Å²) in [6.07, 6.45) is -1.87. The molecule has 0 aromatic heterocycles. The first-order valence-electron chi connectivity index (χ1n) is 4.83. The van der Waals surface area contributed by atoms with E-state index in [4.69, 9.17) is 10.4 Å². The van der Waals surface area contributed by atoms with Gasteiger partial charge in [0.15, 0.2) is 0 Å². The summed E-state index contributed by atoms with van der Waals surface area (Å²) in [7, 11) is 0. The van der Waals surface area contributed by atoms with Gasteiger partial charge in [-0.1, -0.05) is 6.07 Å². The molecule has 0 bridgehead atoms. The number of carbonyl (C=O) groups is 2. The van der Waals surface area contributed by atoms with Crippen molar-refractivity contribution >= 4 is 17.7 Å². The van der Waals surface area contributed by atoms with Crippen LogP contribution in [0.5, 0.6) is 0 Å². The quantitative estimate of drug-likeness (QED) is 0.820. The molecule has 1 aromatic carbocycles. The maximum absolute atomic E-state index is 11.4. The molecule has 6 nitrogen and oxygen atoms in total.